The second-order valence-corrected chi connectivity index (χ2v) is 6.33. The Morgan fingerprint density at radius 3 is 2.46 bits per heavy atom. The van der Waals surface area contributed by atoms with Gasteiger partial charge in [0.2, 0.25) is 5.91 Å². The van der Waals surface area contributed by atoms with E-state index >= 15 is 0 Å². The van der Waals surface area contributed by atoms with Crippen LogP contribution in [0, 0.1) is 0 Å². The first-order valence-electron chi connectivity index (χ1n) is 7.71. The van der Waals surface area contributed by atoms with E-state index in [1.165, 1.54) is 18.3 Å². The standard InChI is InChI=1S/C17H21N3O3S/c1-11(2)23-14-6-4-13(5-7-14)17-20-15(10-24-17)16(22)19-9-8-18-12(3)21/h4-7,10-11H,8-9H2,1-3H3,(H,18,21)(H,19,22). The van der Waals surface area contributed by atoms with Crippen molar-refractivity contribution in [2.75, 3.05) is 13.1 Å². The van der Waals surface area contributed by atoms with E-state index in [0.717, 1.165) is 16.3 Å². The summed E-state index contributed by atoms with van der Waals surface area (Å²) in [7, 11) is 0. The molecule has 0 aliphatic carbocycles. The Morgan fingerprint density at radius 2 is 1.83 bits per heavy atom. The molecule has 1 aromatic heterocycles. The van der Waals surface area contributed by atoms with Crippen molar-refractivity contribution < 1.29 is 14.3 Å². The zero-order valence-electron chi connectivity index (χ0n) is 14.0. The molecular formula is C17H21N3O3S. The predicted molar refractivity (Wildman–Crippen MR) is 94.3 cm³/mol. The first kappa shape index (κ1) is 17.9. The Hall–Kier alpha value is -2.41. The molecule has 0 radical (unpaired) electrons. The molecule has 0 saturated carbocycles. The molecule has 2 amide bonds. The van der Waals surface area contributed by atoms with Crippen molar-refractivity contribution in [2.45, 2.75) is 26.9 Å². The Kier molecular flexibility index (Phi) is 6.31. The normalized spacial score (nSPS) is 10.5. The second-order valence-electron chi connectivity index (χ2n) is 5.47. The van der Waals surface area contributed by atoms with Crippen LogP contribution in [0.3, 0.4) is 0 Å². The summed E-state index contributed by atoms with van der Waals surface area (Å²) < 4.78 is 5.61. The number of carbonyl (C=O) groups excluding carboxylic acids is 2. The summed E-state index contributed by atoms with van der Waals surface area (Å²) >= 11 is 1.41. The number of carbonyl (C=O) groups is 2. The van der Waals surface area contributed by atoms with Gasteiger partial charge in [-0.25, -0.2) is 4.98 Å². The maximum atomic E-state index is 12.0. The molecule has 1 heterocycles. The van der Waals surface area contributed by atoms with Crippen molar-refractivity contribution in [1.82, 2.24) is 15.6 Å². The molecule has 0 saturated heterocycles. The predicted octanol–water partition coefficient (Wildman–Crippen LogP) is 2.46. The van der Waals surface area contributed by atoms with Gasteiger partial charge in [0.25, 0.3) is 5.91 Å². The maximum Gasteiger partial charge on any atom is 0.270 e. The first-order valence-corrected chi connectivity index (χ1v) is 8.59. The van der Waals surface area contributed by atoms with Crippen LogP contribution in [0.2, 0.25) is 0 Å². The van der Waals surface area contributed by atoms with Crippen molar-refractivity contribution in [3.63, 3.8) is 0 Å². The van der Waals surface area contributed by atoms with Crippen LogP contribution in [0.15, 0.2) is 29.6 Å². The summed E-state index contributed by atoms with van der Waals surface area (Å²) in [5.41, 5.74) is 1.31. The van der Waals surface area contributed by atoms with Crippen LogP contribution >= 0.6 is 11.3 Å². The number of rotatable bonds is 7. The molecule has 0 bridgehead atoms. The highest BCUT2D eigenvalue weighted by atomic mass is 32.1. The minimum Gasteiger partial charge on any atom is -0.491 e. The number of amides is 2. The molecule has 0 atom stereocenters. The average molecular weight is 347 g/mol. The lowest BCUT2D eigenvalue weighted by Crippen LogP contribution is -2.33. The van der Waals surface area contributed by atoms with Gasteiger partial charge in [0.15, 0.2) is 0 Å². The number of thiazole rings is 1. The van der Waals surface area contributed by atoms with E-state index in [1.54, 1.807) is 5.38 Å². The lowest BCUT2D eigenvalue weighted by molar-refractivity contribution is -0.118. The highest BCUT2D eigenvalue weighted by molar-refractivity contribution is 7.13. The zero-order chi connectivity index (χ0) is 17.5. The van der Waals surface area contributed by atoms with E-state index in [0.29, 0.717) is 18.8 Å². The van der Waals surface area contributed by atoms with Crippen LogP contribution < -0.4 is 15.4 Å². The van der Waals surface area contributed by atoms with Gasteiger partial charge in [0, 0.05) is 31.0 Å². The molecule has 0 spiro atoms. The van der Waals surface area contributed by atoms with E-state index in [2.05, 4.69) is 15.6 Å². The van der Waals surface area contributed by atoms with E-state index in [-0.39, 0.29) is 17.9 Å². The van der Waals surface area contributed by atoms with Gasteiger partial charge in [-0.15, -0.1) is 11.3 Å². The topological polar surface area (TPSA) is 80.3 Å². The molecule has 24 heavy (non-hydrogen) atoms. The van der Waals surface area contributed by atoms with Crippen LogP contribution in [-0.4, -0.2) is 36.0 Å². The molecule has 0 aliphatic heterocycles. The largest absolute Gasteiger partial charge is 0.491 e. The number of nitrogens with zero attached hydrogens (tertiary/aromatic N) is 1. The highest BCUT2D eigenvalue weighted by Gasteiger charge is 2.11. The molecule has 7 heteroatoms. The third kappa shape index (κ3) is 5.34. The molecule has 2 N–H and O–H groups in total. The van der Waals surface area contributed by atoms with E-state index in [1.807, 2.05) is 38.1 Å². The molecule has 6 nitrogen and oxygen atoms in total. The zero-order valence-corrected chi connectivity index (χ0v) is 14.8. The van der Waals surface area contributed by atoms with Crippen molar-refractivity contribution in [3.8, 4) is 16.3 Å². The van der Waals surface area contributed by atoms with Crippen molar-refractivity contribution >= 4 is 23.2 Å². The van der Waals surface area contributed by atoms with Gasteiger partial charge in [-0.2, -0.15) is 0 Å². The van der Waals surface area contributed by atoms with Gasteiger partial charge in [-0.1, -0.05) is 0 Å². The Labute approximate surface area is 145 Å². The fourth-order valence-corrected chi connectivity index (χ4v) is 2.77. The number of aromatic nitrogens is 1. The summed E-state index contributed by atoms with van der Waals surface area (Å²) in [6.07, 6.45) is 0.128. The molecule has 0 fully saturated rings. The van der Waals surface area contributed by atoms with Crippen molar-refractivity contribution in [1.29, 1.82) is 0 Å². The fraction of sp³-hybridized carbons (Fsp3) is 0.353. The van der Waals surface area contributed by atoms with Crippen LogP contribution in [-0.2, 0) is 4.79 Å². The van der Waals surface area contributed by atoms with E-state index in [4.69, 9.17) is 4.74 Å². The number of hydrogen-bond donors (Lipinski definition) is 2. The van der Waals surface area contributed by atoms with Gasteiger partial charge in [-0.05, 0) is 38.1 Å². The molecule has 0 unspecified atom stereocenters. The monoisotopic (exact) mass is 347 g/mol. The lowest BCUT2D eigenvalue weighted by Gasteiger charge is -2.09. The SMILES string of the molecule is CC(=O)NCCNC(=O)c1csc(-c2ccc(OC(C)C)cc2)n1. The van der Waals surface area contributed by atoms with E-state index in [9.17, 15) is 9.59 Å². The number of hydrogen-bond acceptors (Lipinski definition) is 5. The molecular weight excluding hydrogens is 326 g/mol. The summed E-state index contributed by atoms with van der Waals surface area (Å²) in [4.78, 5) is 27.1. The molecule has 2 aromatic rings. The molecule has 1 aromatic carbocycles. The fourth-order valence-electron chi connectivity index (χ4n) is 1.96. The minimum atomic E-state index is -0.248. The van der Waals surface area contributed by atoms with Crippen LogP contribution in [0.5, 0.6) is 5.75 Å². The van der Waals surface area contributed by atoms with Gasteiger partial charge in [0.05, 0.1) is 6.10 Å². The second kappa shape index (κ2) is 8.44. The molecule has 128 valence electrons. The number of benzene rings is 1. The van der Waals surface area contributed by atoms with Crippen molar-refractivity contribution in [3.05, 3.63) is 35.3 Å². The summed E-state index contributed by atoms with van der Waals surface area (Å²) in [6.45, 7) is 6.16. The molecule has 0 aliphatic rings. The minimum absolute atomic E-state index is 0.120. The highest BCUT2D eigenvalue weighted by Crippen LogP contribution is 2.26. The third-order valence-corrected chi connectivity index (χ3v) is 3.89. The third-order valence-electron chi connectivity index (χ3n) is 2.99. The maximum absolute atomic E-state index is 12.0. The van der Waals surface area contributed by atoms with Gasteiger partial charge < -0.3 is 15.4 Å². The smallest absolute Gasteiger partial charge is 0.270 e. The lowest BCUT2D eigenvalue weighted by atomic mass is 10.2. The average Bonchev–Trinajstić information content (AvgIpc) is 3.01. The van der Waals surface area contributed by atoms with Crippen LogP contribution in [0.4, 0.5) is 0 Å². The Balaban J connectivity index is 1.94. The molecule has 2 rings (SSSR count). The summed E-state index contributed by atoms with van der Waals surface area (Å²) in [5, 5.41) is 7.84. The summed E-state index contributed by atoms with van der Waals surface area (Å²) in [6, 6.07) is 7.64. The number of nitrogens with one attached hydrogen (secondary N) is 2. The first-order chi connectivity index (χ1) is 11.5. The van der Waals surface area contributed by atoms with E-state index < -0.39 is 0 Å². The van der Waals surface area contributed by atoms with Gasteiger partial charge in [-0.3, -0.25) is 9.59 Å². The van der Waals surface area contributed by atoms with Crippen LogP contribution in [0.1, 0.15) is 31.3 Å². The van der Waals surface area contributed by atoms with Gasteiger partial charge >= 0.3 is 0 Å². The quantitative estimate of drug-likeness (QED) is 0.754. The Morgan fingerprint density at radius 1 is 1.17 bits per heavy atom. The van der Waals surface area contributed by atoms with Crippen LogP contribution in [0.25, 0.3) is 10.6 Å². The Bertz CT molecular complexity index is 695. The number of ether oxygens (including phenoxy) is 1. The van der Waals surface area contributed by atoms with Crippen molar-refractivity contribution in [2.24, 2.45) is 0 Å². The summed E-state index contributed by atoms with van der Waals surface area (Å²) in [5.74, 6) is 0.439. The van der Waals surface area contributed by atoms with Gasteiger partial charge in [0.1, 0.15) is 16.5 Å².